The number of carbonyl (C=O) groups is 1. The van der Waals surface area contributed by atoms with Crippen LogP contribution in [0.4, 0.5) is 5.69 Å². The highest BCUT2D eigenvalue weighted by atomic mass is 16.2. The Kier molecular flexibility index (Phi) is 3.86. The zero-order valence-corrected chi connectivity index (χ0v) is 10.2. The van der Waals surface area contributed by atoms with E-state index in [0.717, 1.165) is 5.69 Å². The first-order valence-electron chi connectivity index (χ1n) is 5.76. The monoisotopic (exact) mass is 238 g/mol. The molecule has 3 nitrogen and oxygen atoms in total. The molecule has 2 aromatic carbocycles. The fourth-order valence-corrected chi connectivity index (χ4v) is 1.62. The maximum Gasteiger partial charge on any atom is 0.278 e. The molecule has 0 saturated heterocycles. The summed E-state index contributed by atoms with van der Waals surface area (Å²) < 4.78 is 0. The summed E-state index contributed by atoms with van der Waals surface area (Å²) in [6.07, 6.45) is 1.60. The van der Waals surface area contributed by atoms with Crippen molar-refractivity contribution in [2.24, 2.45) is 5.10 Å². The van der Waals surface area contributed by atoms with Crippen LogP contribution in [0.1, 0.15) is 17.3 Å². The van der Waals surface area contributed by atoms with Crippen LogP contribution in [0.2, 0.25) is 0 Å². The lowest BCUT2D eigenvalue weighted by atomic mass is 10.2. The van der Waals surface area contributed by atoms with Crippen LogP contribution in [0.5, 0.6) is 0 Å². The van der Waals surface area contributed by atoms with Gasteiger partial charge in [-0.1, -0.05) is 36.4 Å². The van der Waals surface area contributed by atoms with E-state index in [2.05, 4.69) is 5.10 Å². The molecule has 2 aromatic rings. The molecule has 0 fully saturated rings. The molecule has 3 heteroatoms. The zero-order valence-electron chi connectivity index (χ0n) is 10.2. The van der Waals surface area contributed by atoms with Crippen molar-refractivity contribution >= 4 is 17.8 Å². The molecule has 0 N–H and O–H groups in total. The van der Waals surface area contributed by atoms with Gasteiger partial charge in [-0.2, -0.15) is 10.1 Å². The third kappa shape index (κ3) is 2.63. The molecule has 0 spiro atoms. The van der Waals surface area contributed by atoms with Gasteiger partial charge in [0.15, 0.2) is 0 Å². The number of hydrogen-bond donors (Lipinski definition) is 0. The first kappa shape index (κ1) is 12.0. The smallest absolute Gasteiger partial charge is 0.267 e. The molecule has 18 heavy (non-hydrogen) atoms. The number of nitrogens with zero attached hydrogens (tertiary/aromatic N) is 2. The van der Waals surface area contributed by atoms with Gasteiger partial charge in [0.1, 0.15) is 0 Å². The van der Waals surface area contributed by atoms with Gasteiger partial charge in [0.2, 0.25) is 0 Å². The van der Waals surface area contributed by atoms with Crippen LogP contribution in [0.25, 0.3) is 0 Å². The van der Waals surface area contributed by atoms with Gasteiger partial charge in [-0.25, -0.2) is 0 Å². The van der Waals surface area contributed by atoms with Gasteiger partial charge in [0, 0.05) is 11.8 Å². The fourth-order valence-electron chi connectivity index (χ4n) is 1.62. The van der Waals surface area contributed by atoms with E-state index in [4.69, 9.17) is 0 Å². The van der Waals surface area contributed by atoms with Gasteiger partial charge in [0.25, 0.3) is 5.91 Å². The Morgan fingerprint density at radius 2 is 1.56 bits per heavy atom. The van der Waals surface area contributed by atoms with Gasteiger partial charge in [-0.05, 0) is 31.2 Å². The summed E-state index contributed by atoms with van der Waals surface area (Å²) in [7, 11) is 0. The largest absolute Gasteiger partial charge is 0.278 e. The van der Waals surface area contributed by atoms with Crippen LogP contribution >= 0.6 is 0 Å². The lowest BCUT2D eigenvalue weighted by molar-refractivity contribution is 0.0988. The molecule has 0 aliphatic heterocycles. The number of hydrazone groups is 1. The number of para-hydroxylation sites is 1. The highest BCUT2D eigenvalue weighted by molar-refractivity contribution is 6.06. The first-order valence-corrected chi connectivity index (χ1v) is 5.76. The molecule has 0 aliphatic rings. The number of anilines is 1. The van der Waals surface area contributed by atoms with E-state index in [-0.39, 0.29) is 5.91 Å². The Labute approximate surface area is 106 Å². The second kappa shape index (κ2) is 5.77. The molecule has 0 aromatic heterocycles. The first-order chi connectivity index (χ1) is 8.83. The lowest BCUT2D eigenvalue weighted by Crippen LogP contribution is -2.25. The van der Waals surface area contributed by atoms with E-state index in [1.54, 1.807) is 25.3 Å². The molecule has 0 aliphatic carbocycles. The fraction of sp³-hybridized carbons (Fsp3) is 0.0667. The standard InChI is InChI=1S/C15H14N2O/c1-2-16-17(14-11-7-4-8-12-14)15(18)13-9-5-3-6-10-13/h2-12H,1H3/b16-2+. The van der Waals surface area contributed by atoms with Crippen molar-refractivity contribution in [1.82, 2.24) is 0 Å². The Balaban J connectivity index is 2.35. The van der Waals surface area contributed by atoms with E-state index in [0.29, 0.717) is 5.56 Å². The molecule has 0 bridgehead atoms. The molecule has 1 amide bonds. The summed E-state index contributed by atoms with van der Waals surface area (Å²) in [5.41, 5.74) is 1.37. The summed E-state index contributed by atoms with van der Waals surface area (Å²) in [5, 5.41) is 5.53. The molecular formula is C15H14N2O. The summed E-state index contributed by atoms with van der Waals surface area (Å²) >= 11 is 0. The summed E-state index contributed by atoms with van der Waals surface area (Å²) in [5.74, 6) is -0.139. The normalized spacial score (nSPS) is 10.5. The molecule has 0 heterocycles. The van der Waals surface area contributed by atoms with Gasteiger partial charge in [-0.15, -0.1) is 0 Å². The van der Waals surface area contributed by atoms with Crippen LogP contribution in [-0.4, -0.2) is 12.1 Å². The maximum atomic E-state index is 12.3. The van der Waals surface area contributed by atoms with Gasteiger partial charge in [-0.3, -0.25) is 4.79 Å². The number of carbonyl (C=O) groups excluding carboxylic acids is 1. The molecule has 0 atom stereocenters. The summed E-state index contributed by atoms with van der Waals surface area (Å²) in [6, 6.07) is 18.5. The van der Waals surface area contributed by atoms with Crippen LogP contribution < -0.4 is 5.01 Å². The Bertz CT molecular complexity index is 535. The molecule has 0 saturated carbocycles. The van der Waals surface area contributed by atoms with Gasteiger partial charge >= 0.3 is 0 Å². The zero-order chi connectivity index (χ0) is 12.8. The average Bonchev–Trinajstić information content (AvgIpc) is 2.46. The topological polar surface area (TPSA) is 32.7 Å². The highest BCUT2D eigenvalue weighted by Crippen LogP contribution is 2.16. The number of hydrogen-bond acceptors (Lipinski definition) is 2. The molecule has 2 rings (SSSR count). The van der Waals surface area contributed by atoms with Crippen molar-refractivity contribution in [2.75, 3.05) is 5.01 Å². The molecular weight excluding hydrogens is 224 g/mol. The van der Waals surface area contributed by atoms with E-state index < -0.39 is 0 Å². The van der Waals surface area contributed by atoms with Crippen molar-refractivity contribution in [1.29, 1.82) is 0 Å². The lowest BCUT2D eigenvalue weighted by Gasteiger charge is -2.16. The van der Waals surface area contributed by atoms with Crippen molar-refractivity contribution in [2.45, 2.75) is 6.92 Å². The van der Waals surface area contributed by atoms with Crippen molar-refractivity contribution in [3.8, 4) is 0 Å². The molecule has 90 valence electrons. The Morgan fingerprint density at radius 3 is 2.11 bits per heavy atom. The minimum absolute atomic E-state index is 0.139. The van der Waals surface area contributed by atoms with Gasteiger partial charge in [0.05, 0.1) is 5.69 Å². The Morgan fingerprint density at radius 1 is 1.00 bits per heavy atom. The van der Waals surface area contributed by atoms with Crippen molar-refractivity contribution < 1.29 is 4.79 Å². The number of benzene rings is 2. The van der Waals surface area contributed by atoms with Crippen LogP contribution in [0.3, 0.4) is 0 Å². The van der Waals surface area contributed by atoms with Crippen LogP contribution in [0.15, 0.2) is 65.8 Å². The Hall–Kier alpha value is -2.42. The minimum Gasteiger partial charge on any atom is -0.267 e. The van der Waals surface area contributed by atoms with E-state index in [9.17, 15) is 4.79 Å². The van der Waals surface area contributed by atoms with Crippen LogP contribution in [0, 0.1) is 0 Å². The van der Waals surface area contributed by atoms with Crippen LogP contribution in [-0.2, 0) is 0 Å². The van der Waals surface area contributed by atoms with E-state index in [1.807, 2.05) is 48.5 Å². The van der Waals surface area contributed by atoms with Gasteiger partial charge < -0.3 is 0 Å². The number of rotatable bonds is 3. The summed E-state index contributed by atoms with van der Waals surface area (Å²) in [6.45, 7) is 1.79. The summed E-state index contributed by atoms with van der Waals surface area (Å²) in [4.78, 5) is 12.3. The van der Waals surface area contributed by atoms with Crippen molar-refractivity contribution in [3.63, 3.8) is 0 Å². The predicted octanol–water partition coefficient (Wildman–Crippen LogP) is 3.34. The quantitative estimate of drug-likeness (QED) is 0.596. The SMILES string of the molecule is C/C=N/N(C(=O)c1ccccc1)c1ccccc1. The van der Waals surface area contributed by atoms with Crippen molar-refractivity contribution in [3.05, 3.63) is 66.2 Å². The molecule has 0 radical (unpaired) electrons. The highest BCUT2D eigenvalue weighted by Gasteiger charge is 2.15. The second-order valence-corrected chi connectivity index (χ2v) is 3.69. The van der Waals surface area contributed by atoms with E-state index >= 15 is 0 Å². The minimum atomic E-state index is -0.139. The third-order valence-corrected chi connectivity index (χ3v) is 2.44. The maximum absolute atomic E-state index is 12.3. The molecule has 0 unspecified atom stereocenters. The second-order valence-electron chi connectivity index (χ2n) is 3.69. The average molecular weight is 238 g/mol. The predicted molar refractivity (Wildman–Crippen MR) is 73.9 cm³/mol. The third-order valence-electron chi connectivity index (χ3n) is 2.44. The van der Waals surface area contributed by atoms with E-state index in [1.165, 1.54) is 5.01 Å². The number of amides is 1.